The Hall–Kier alpha value is -4.35. The number of anilines is 2. The minimum Gasteiger partial charge on any atom is -0.384 e. The molecule has 0 bridgehead atoms. The number of aromatic nitrogens is 2. The van der Waals surface area contributed by atoms with Gasteiger partial charge in [0.2, 0.25) is 5.91 Å². The van der Waals surface area contributed by atoms with Gasteiger partial charge in [0.1, 0.15) is 6.07 Å². The molecule has 1 amide bonds. The number of hydrogen-bond donors (Lipinski definition) is 1. The van der Waals surface area contributed by atoms with E-state index >= 15 is 0 Å². The fraction of sp³-hybridized carbons (Fsp3) is 0.276. The van der Waals surface area contributed by atoms with E-state index in [4.69, 9.17) is 0 Å². The highest BCUT2D eigenvalue weighted by Gasteiger charge is 2.52. The van der Waals surface area contributed by atoms with Crippen molar-refractivity contribution in [2.45, 2.75) is 12.5 Å². The van der Waals surface area contributed by atoms with Gasteiger partial charge in [-0.1, -0.05) is 30.9 Å². The predicted molar refractivity (Wildman–Crippen MR) is 143 cm³/mol. The van der Waals surface area contributed by atoms with Crippen LogP contribution < -0.4 is 9.80 Å². The first-order valence-electron chi connectivity index (χ1n) is 12.3. The van der Waals surface area contributed by atoms with E-state index in [0.717, 1.165) is 54.2 Å². The molecule has 1 N–H and O–H groups in total. The summed E-state index contributed by atoms with van der Waals surface area (Å²) < 4.78 is 1.74. The summed E-state index contributed by atoms with van der Waals surface area (Å²) in [6, 6.07) is 12.7. The lowest BCUT2D eigenvalue weighted by molar-refractivity contribution is -0.139. The topological polar surface area (TPSA) is 88.1 Å². The Morgan fingerprint density at radius 3 is 2.59 bits per heavy atom. The number of rotatable bonds is 4. The number of β-amino-alcohol motifs (C(OH)–C–C–N with tert-alkyl or cyclic N) is 1. The number of hydrogen-bond acceptors (Lipinski definition) is 6. The molecule has 1 spiro atoms. The minimum absolute atomic E-state index is 0.00845. The van der Waals surface area contributed by atoms with Gasteiger partial charge in [0, 0.05) is 49.0 Å². The van der Waals surface area contributed by atoms with Crippen LogP contribution >= 0.6 is 0 Å². The zero-order valence-corrected chi connectivity index (χ0v) is 20.7. The average Bonchev–Trinajstić information content (AvgIpc) is 3.17. The van der Waals surface area contributed by atoms with Crippen molar-refractivity contribution in [1.82, 2.24) is 14.5 Å². The zero-order valence-electron chi connectivity index (χ0n) is 20.7. The molecule has 2 aromatic heterocycles. The van der Waals surface area contributed by atoms with Crippen LogP contribution in [0.25, 0.3) is 16.6 Å². The van der Waals surface area contributed by atoms with E-state index in [1.54, 1.807) is 23.7 Å². The number of carbonyl (C=O) groups excluding carboxylic acids is 1. The van der Waals surface area contributed by atoms with Gasteiger partial charge in [-0.3, -0.25) is 4.79 Å². The number of allylic oxidation sites excluding steroid dienone is 2. The number of amides is 1. The van der Waals surface area contributed by atoms with Crippen LogP contribution in [0.3, 0.4) is 0 Å². The summed E-state index contributed by atoms with van der Waals surface area (Å²) in [6.45, 7) is 9.20. The normalized spacial score (nSPS) is 21.9. The van der Waals surface area contributed by atoms with E-state index < -0.39 is 5.60 Å². The molecule has 2 fully saturated rings. The third-order valence-electron chi connectivity index (χ3n) is 7.51. The van der Waals surface area contributed by atoms with E-state index in [1.165, 1.54) is 6.08 Å². The Morgan fingerprint density at radius 1 is 1.14 bits per heavy atom. The summed E-state index contributed by atoms with van der Waals surface area (Å²) in [5.41, 5.74) is 4.39. The summed E-state index contributed by atoms with van der Waals surface area (Å²) >= 11 is 0. The summed E-state index contributed by atoms with van der Waals surface area (Å²) in [7, 11) is 0. The Balaban J connectivity index is 1.28. The largest absolute Gasteiger partial charge is 0.384 e. The smallest absolute Gasteiger partial charge is 0.245 e. The lowest BCUT2D eigenvalue weighted by Crippen LogP contribution is -2.73. The fourth-order valence-corrected chi connectivity index (χ4v) is 5.66. The first-order valence-corrected chi connectivity index (χ1v) is 12.3. The summed E-state index contributed by atoms with van der Waals surface area (Å²) in [4.78, 5) is 18.0. The molecule has 0 aliphatic carbocycles. The van der Waals surface area contributed by atoms with Crippen molar-refractivity contribution in [3.63, 3.8) is 0 Å². The number of benzene rings is 1. The van der Waals surface area contributed by atoms with Gasteiger partial charge in [-0.05, 0) is 42.8 Å². The molecule has 186 valence electrons. The molecule has 1 unspecified atom stereocenters. The third-order valence-corrected chi connectivity index (χ3v) is 7.51. The molecule has 2 saturated heterocycles. The SMILES string of the molecule is C=CC(=O)N1CC2(C1)CN(c1ccc(-c3cc(N4C=CC=CC(C)(O)C4)cn4ncc(C#N)c34)cc1)C2. The van der Waals surface area contributed by atoms with Crippen molar-refractivity contribution < 1.29 is 9.90 Å². The quantitative estimate of drug-likeness (QED) is 0.562. The Labute approximate surface area is 215 Å². The van der Waals surface area contributed by atoms with Crippen molar-refractivity contribution in [1.29, 1.82) is 5.26 Å². The number of fused-ring (bicyclic) bond motifs is 1. The van der Waals surface area contributed by atoms with Crippen LogP contribution in [0.1, 0.15) is 12.5 Å². The van der Waals surface area contributed by atoms with Crippen molar-refractivity contribution in [3.8, 4) is 17.2 Å². The fourth-order valence-electron chi connectivity index (χ4n) is 5.66. The van der Waals surface area contributed by atoms with Crippen LogP contribution in [-0.4, -0.2) is 63.9 Å². The molecular weight excluding hydrogens is 464 g/mol. The van der Waals surface area contributed by atoms with Crippen molar-refractivity contribution >= 4 is 22.8 Å². The Morgan fingerprint density at radius 2 is 1.89 bits per heavy atom. The molecule has 8 heteroatoms. The van der Waals surface area contributed by atoms with Gasteiger partial charge in [0.15, 0.2) is 0 Å². The van der Waals surface area contributed by atoms with Crippen molar-refractivity contribution in [2.75, 3.05) is 42.5 Å². The minimum atomic E-state index is -0.979. The molecule has 5 heterocycles. The highest BCUT2D eigenvalue weighted by molar-refractivity contribution is 5.88. The van der Waals surface area contributed by atoms with Gasteiger partial charge in [-0.25, -0.2) is 4.52 Å². The third kappa shape index (κ3) is 3.98. The maximum absolute atomic E-state index is 11.8. The molecule has 1 atom stereocenters. The lowest BCUT2D eigenvalue weighted by atomic mass is 9.72. The number of nitriles is 1. The zero-order chi connectivity index (χ0) is 25.8. The van der Waals surface area contributed by atoms with Crippen LogP contribution in [0.4, 0.5) is 11.4 Å². The van der Waals surface area contributed by atoms with Gasteiger partial charge in [-0.2, -0.15) is 10.4 Å². The summed E-state index contributed by atoms with van der Waals surface area (Å²) in [6.07, 6.45) is 12.3. The Bertz CT molecular complexity index is 1490. The maximum Gasteiger partial charge on any atom is 0.245 e. The molecular formula is C29H28N6O2. The molecule has 3 aliphatic heterocycles. The van der Waals surface area contributed by atoms with Gasteiger partial charge >= 0.3 is 0 Å². The molecule has 37 heavy (non-hydrogen) atoms. The lowest BCUT2D eigenvalue weighted by Gasteiger charge is -2.60. The molecule has 3 aliphatic rings. The van der Waals surface area contributed by atoms with E-state index in [-0.39, 0.29) is 11.3 Å². The first kappa shape index (κ1) is 23.1. The van der Waals surface area contributed by atoms with Crippen LogP contribution in [0.5, 0.6) is 0 Å². The highest BCUT2D eigenvalue weighted by atomic mass is 16.3. The van der Waals surface area contributed by atoms with Gasteiger partial charge in [0.05, 0.1) is 41.3 Å². The van der Waals surface area contributed by atoms with Crippen LogP contribution in [0.2, 0.25) is 0 Å². The van der Waals surface area contributed by atoms with E-state index in [9.17, 15) is 15.2 Å². The molecule has 1 aromatic carbocycles. The number of nitrogens with zero attached hydrogens (tertiary/aromatic N) is 6. The molecule has 6 rings (SSSR count). The Kier molecular flexibility index (Phi) is 5.21. The van der Waals surface area contributed by atoms with Gasteiger partial charge in [0.25, 0.3) is 0 Å². The van der Waals surface area contributed by atoms with E-state index in [1.807, 2.05) is 34.3 Å². The number of carbonyl (C=O) groups is 1. The predicted octanol–water partition coefficient (Wildman–Crippen LogP) is 3.35. The molecule has 0 radical (unpaired) electrons. The second-order valence-electron chi connectivity index (χ2n) is 10.6. The highest BCUT2D eigenvalue weighted by Crippen LogP contribution is 2.42. The number of aliphatic hydroxyl groups is 1. The summed E-state index contributed by atoms with van der Waals surface area (Å²) in [5.74, 6) is 0.00845. The first-order chi connectivity index (χ1) is 17.8. The van der Waals surface area contributed by atoms with Crippen LogP contribution in [0.15, 0.2) is 79.8 Å². The second kappa shape index (κ2) is 8.36. The average molecular weight is 493 g/mol. The molecule has 8 nitrogen and oxygen atoms in total. The maximum atomic E-state index is 11.8. The van der Waals surface area contributed by atoms with Crippen LogP contribution in [0, 0.1) is 16.7 Å². The molecule has 3 aromatic rings. The van der Waals surface area contributed by atoms with E-state index in [2.05, 4.69) is 53.0 Å². The van der Waals surface area contributed by atoms with Crippen LogP contribution in [-0.2, 0) is 4.79 Å². The standard InChI is InChI=1S/C29H28N6O2/c1-3-26(36)34-19-29(20-34)17-33(18-29)23-8-6-21(7-9-23)25-12-24(15-35-27(25)22(13-30)14-31-35)32-11-5-4-10-28(2,37)16-32/h3-12,14-15,37H,1,16-20H2,2H3. The van der Waals surface area contributed by atoms with Crippen molar-refractivity contribution in [2.24, 2.45) is 5.41 Å². The summed E-state index contributed by atoms with van der Waals surface area (Å²) in [5, 5.41) is 24.8. The van der Waals surface area contributed by atoms with E-state index in [0.29, 0.717) is 12.1 Å². The second-order valence-corrected chi connectivity index (χ2v) is 10.6. The van der Waals surface area contributed by atoms with Gasteiger partial charge < -0.3 is 19.8 Å². The monoisotopic (exact) mass is 492 g/mol. The number of likely N-dealkylation sites (tertiary alicyclic amines) is 1. The van der Waals surface area contributed by atoms with Crippen molar-refractivity contribution in [3.05, 3.63) is 85.4 Å². The van der Waals surface area contributed by atoms with Gasteiger partial charge in [-0.15, -0.1) is 0 Å². The number of pyridine rings is 1. The molecule has 0 saturated carbocycles.